The molecule has 10 nitrogen and oxygen atoms in total. The summed E-state index contributed by atoms with van der Waals surface area (Å²) in [6, 6.07) is 15.7. The Balaban J connectivity index is 1.50. The first-order valence-electron chi connectivity index (χ1n) is 13.9. The summed E-state index contributed by atoms with van der Waals surface area (Å²) in [5, 5.41) is 11.7. The van der Waals surface area contributed by atoms with Gasteiger partial charge in [0, 0.05) is 23.7 Å². The molecule has 1 atom stereocenters. The summed E-state index contributed by atoms with van der Waals surface area (Å²) < 4.78 is 12.6. The van der Waals surface area contributed by atoms with Crippen molar-refractivity contribution in [2.24, 2.45) is 5.92 Å². The molecule has 0 fully saturated rings. The van der Waals surface area contributed by atoms with Gasteiger partial charge >= 0.3 is 22.6 Å². The summed E-state index contributed by atoms with van der Waals surface area (Å²) >= 11 is 0.802. The van der Waals surface area contributed by atoms with E-state index in [9.17, 15) is 19.2 Å². The zero-order chi connectivity index (χ0) is 31.4. The number of amides is 1. The highest BCUT2D eigenvalue weighted by molar-refractivity contribution is 7.03. The number of esters is 1. The van der Waals surface area contributed by atoms with Gasteiger partial charge < -0.3 is 14.8 Å². The number of nitrogens with one attached hydrogen (secondary N) is 1. The van der Waals surface area contributed by atoms with E-state index in [0.717, 1.165) is 58.5 Å². The average Bonchev–Trinajstić information content (AvgIpc) is 3.30. The SMILES string of the molecule is C=C(C(=O)OC)[C@@H](C)CC/C=C(\CCC)COC(=O)NCc1ccc(Cn2c(=O)sn(-c3ccc(C#N)cc3)c2=O)cc1. The van der Waals surface area contributed by atoms with Crippen LogP contribution in [0, 0.1) is 17.2 Å². The van der Waals surface area contributed by atoms with Gasteiger partial charge in [-0.1, -0.05) is 57.2 Å². The van der Waals surface area contributed by atoms with Crippen molar-refractivity contribution in [3.8, 4) is 11.8 Å². The van der Waals surface area contributed by atoms with Gasteiger partial charge in [0.25, 0.3) is 0 Å². The number of nitriles is 1. The number of benzene rings is 2. The Kier molecular flexibility index (Phi) is 12.3. The van der Waals surface area contributed by atoms with Crippen LogP contribution in [-0.4, -0.2) is 34.3 Å². The van der Waals surface area contributed by atoms with E-state index in [-0.39, 0.29) is 30.5 Å². The fraction of sp³-hybridized carbons (Fsp3) is 0.344. The van der Waals surface area contributed by atoms with Crippen LogP contribution in [0.1, 0.15) is 56.2 Å². The minimum Gasteiger partial charge on any atom is -0.466 e. The van der Waals surface area contributed by atoms with E-state index in [4.69, 9.17) is 14.7 Å². The largest absolute Gasteiger partial charge is 0.466 e. The first kappa shape index (κ1) is 32.8. The molecule has 11 heteroatoms. The zero-order valence-corrected chi connectivity index (χ0v) is 25.4. The van der Waals surface area contributed by atoms with Crippen LogP contribution in [0.25, 0.3) is 5.69 Å². The lowest BCUT2D eigenvalue weighted by Gasteiger charge is -2.13. The van der Waals surface area contributed by atoms with Gasteiger partial charge in [-0.2, -0.15) is 5.26 Å². The second kappa shape index (κ2) is 16.1. The van der Waals surface area contributed by atoms with Crippen molar-refractivity contribution in [1.29, 1.82) is 5.26 Å². The standard InChI is InChI=1S/C32H36N4O6S/c1-5-7-27(9-6-8-22(2)23(3)29(37)41-4)21-42-30(38)34-19-25-10-12-26(13-11-25)20-35-31(39)36(43-32(35)40)28-16-14-24(18-33)15-17-28/h9-17,22H,3,5-8,19-21H2,1-2,4H3,(H,34,38)/b27-9+/t22-/m0/s1. The lowest BCUT2D eigenvalue weighted by Crippen LogP contribution is -2.29. The topological polar surface area (TPSA) is 132 Å². The number of carbonyl (C=O) groups is 2. The van der Waals surface area contributed by atoms with E-state index in [1.54, 1.807) is 36.4 Å². The number of allylic oxidation sites excluding steroid dienone is 1. The summed E-state index contributed by atoms with van der Waals surface area (Å²) in [5.41, 5.74) is 3.58. The fourth-order valence-electron chi connectivity index (χ4n) is 4.25. The van der Waals surface area contributed by atoms with E-state index in [1.807, 2.05) is 25.1 Å². The van der Waals surface area contributed by atoms with Gasteiger partial charge in [-0.3, -0.25) is 4.79 Å². The van der Waals surface area contributed by atoms with Crippen LogP contribution >= 0.6 is 11.5 Å². The average molecular weight is 605 g/mol. The van der Waals surface area contributed by atoms with Crippen LogP contribution in [0.5, 0.6) is 0 Å². The summed E-state index contributed by atoms with van der Waals surface area (Å²) in [4.78, 5) is 49.0. The molecule has 3 aromatic rings. The Hall–Kier alpha value is -4.69. The molecule has 0 aliphatic carbocycles. The molecule has 0 bridgehead atoms. The highest BCUT2D eigenvalue weighted by atomic mass is 32.1. The van der Waals surface area contributed by atoms with Crippen LogP contribution in [-0.2, 0) is 27.4 Å². The smallest absolute Gasteiger partial charge is 0.407 e. The van der Waals surface area contributed by atoms with Gasteiger partial charge in [-0.25, -0.2) is 22.9 Å². The van der Waals surface area contributed by atoms with Gasteiger partial charge in [0.15, 0.2) is 0 Å². The number of carbonyl (C=O) groups excluding carboxylic acids is 2. The van der Waals surface area contributed by atoms with Crippen LogP contribution < -0.4 is 15.9 Å². The third-order valence-electron chi connectivity index (χ3n) is 6.86. The molecular formula is C32H36N4O6S. The second-order valence-corrected chi connectivity index (χ2v) is 10.9. The van der Waals surface area contributed by atoms with E-state index < -0.39 is 17.8 Å². The van der Waals surface area contributed by atoms with E-state index in [0.29, 0.717) is 16.8 Å². The number of alkyl carbamates (subject to hydrolysis) is 1. The van der Waals surface area contributed by atoms with Gasteiger partial charge in [-0.15, -0.1) is 0 Å². The van der Waals surface area contributed by atoms with Gasteiger partial charge in [0.1, 0.15) is 6.61 Å². The van der Waals surface area contributed by atoms with Gasteiger partial charge in [0.05, 0.1) is 31.0 Å². The predicted octanol–water partition coefficient (Wildman–Crippen LogP) is 5.08. The Morgan fingerprint density at radius 1 is 1.12 bits per heavy atom. The molecule has 226 valence electrons. The van der Waals surface area contributed by atoms with Crippen molar-refractivity contribution in [3.05, 3.63) is 109 Å². The number of hydrogen-bond donors (Lipinski definition) is 1. The van der Waals surface area contributed by atoms with Crippen LogP contribution in [0.2, 0.25) is 0 Å². The number of nitrogens with zero attached hydrogens (tertiary/aromatic N) is 3. The minimum atomic E-state index is -0.535. The van der Waals surface area contributed by atoms with Gasteiger partial charge in [0.2, 0.25) is 0 Å². The monoisotopic (exact) mass is 604 g/mol. The Labute approximate surface area is 254 Å². The molecule has 1 heterocycles. The molecule has 3 rings (SSSR count). The van der Waals surface area contributed by atoms with E-state index >= 15 is 0 Å². The maximum atomic E-state index is 12.9. The molecule has 2 aromatic carbocycles. The van der Waals surface area contributed by atoms with Crippen molar-refractivity contribution in [2.45, 2.75) is 52.6 Å². The van der Waals surface area contributed by atoms with Crippen LogP contribution in [0.3, 0.4) is 0 Å². The number of aromatic nitrogens is 2. The van der Waals surface area contributed by atoms with Crippen molar-refractivity contribution in [3.63, 3.8) is 0 Å². The summed E-state index contributed by atoms with van der Waals surface area (Å²) in [6.07, 6.45) is 4.68. The number of methoxy groups -OCH3 is 1. The normalized spacial score (nSPS) is 11.8. The first-order valence-corrected chi connectivity index (χ1v) is 14.7. The van der Waals surface area contributed by atoms with E-state index in [2.05, 4.69) is 24.9 Å². The predicted molar refractivity (Wildman–Crippen MR) is 165 cm³/mol. The highest BCUT2D eigenvalue weighted by Gasteiger charge is 2.15. The molecule has 0 saturated carbocycles. The number of ether oxygens (including phenoxy) is 2. The Bertz CT molecular complexity index is 1610. The van der Waals surface area contributed by atoms with Crippen LogP contribution in [0.15, 0.2) is 81.9 Å². The third kappa shape index (κ3) is 9.41. The molecule has 0 radical (unpaired) electrons. The molecule has 0 spiro atoms. The molecule has 0 aliphatic heterocycles. The quantitative estimate of drug-likeness (QED) is 0.154. The summed E-state index contributed by atoms with van der Waals surface area (Å²) in [6.45, 7) is 8.33. The lowest BCUT2D eigenvalue weighted by atomic mass is 9.96. The fourth-order valence-corrected chi connectivity index (χ4v) is 5.05. The molecule has 1 N–H and O–H groups in total. The van der Waals surface area contributed by atoms with Crippen LogP contribution in [0.4, 0.5) is 4.79 Å². The van der Waals surface area contributed by atoms with E-state index in [1.165, 1.54) is 11.1 Å². The summed E-state index contributed by atoms with van der Waals surface area (Å²) in [5.74, 6) is -0.413. The molecule has 0 aliphatic rings. The van der Waals surface area contributed by atoms with Crippen molar-refractivity contribution >= 4 is 23.6 Å². The van der Waals surface area contributed by atoms with Crippen molar-refractivity contribution in [2.75, 3.05) is 13.7 Å². The first-order chi connectivity index (χ1) is 20.7. The highest BCUT2D eigenvalue weighted by Crippen LogP contribution is 2.18. The Morgan fingerprint density at radius 2 is 1.79 bits per heavy atom. The molecular weight excluding hydrogens is 568 g/mol. The molecule has 0 unspecified atom stereocenters. The number of rotatable bonds is 14. The Morgan fingerprint density at radius 3 is 2.42 bits per heavy atom. The lowest BCUT2D eigenvalue weighted by molar-refractivity contribution is -0.136. The summed E-state index contributed by atoms with van der Waals surface area (Å²) in [7, 11) is 1.34. The third-order valence-corrected chi connectivity index (χ3v) is 7.79. The molecule has 1 aromatic heterocycles. The molecule has 1 amide bonds. The van der Waals surface area contributed by atoms with Crippen molar-refractivity contribution in [1.82, 2.24) is 13.8 Å². The maximum absolute atomic E-state index is 12.9. The molecule has 43 heavy (non-hydrogen) atoms. The maximum Gasteiger partial charge on any atom is 0.407 e. The zero-order valence-electron chi connectivity index (χ0n) is 24.6. The van der Waals surface area contributed by atoms with Gasteiger partial charge in [-0.05, 0) is 66.1 Å². The number of hydrogen-bond acceptors (Lipinski definition) is 8. The minimum absolute atomic E-state index is 0.0130. The second-order valence-electron chi connectivity index (χ2n) is 10.0. The van der Waals surface area contributed by atoms with Crippen molar-refractivity contribution < 1.29 is 19.1 Å². The molecule has 0 saturated heterocycles.